The van der Waals surface area contributed by atoms with E-state index >= 15 is 0 Å². The molecule has 0 aromatic heterocycles. The lowest BCUT2D eigenvalue weighted by molar-refractivity contribution is -0.190. The first kappa shape index (κ1) is 31.4. The van der Waals surface area contributed by atoms with E-state index in [0.29, 0.717) is 19.3 Å². The van der Waals surface area contributed by atoms with Gasteiger partial charge in [0, 0.05) is 6.42 Å². The summed E-state index contributed by atoms with van der Waals surface area (Å²) in [7, 11) is 0. The van der Waals surface area contributed by atoms with E-state index in [4.69, 9.17) is 9.47 Å². The molecule has 0 unspecified atom stereocenters. The van der Waals surface area contributed by atoms with Crippen LogP contribution in [0.25, 0.3) is 0 Å². The van der Waals surface area contributed by atoms with Crippen LogP contribution in [-0.4, -0.2) is 36.6 Å². The number of ether oxygens (including phenoxy) is 2. The van der Waals surface area contributed by atoms with Crippen molar-refractivity contribution in [2.75, 3.05) is 0 Å². The normalized spacial score (nSPS) is 19.1. The summed E-state index contributed by atoms with van der Waals surface area (Å²) in [5, 5.41) is 2.62. The number of hydrogen-bond acceptors (Lipinski definition) is 5. The Kier molecular flexibility index (Phi) is 17.6. The third-order valence-corrected chi connectivity index (χ3v) is 7.06. The van der Waals surface area contributed by atoms with E-state index in [1.165, 1.54) is 57.8 Å². The van der Waals surface area contributed by atoms with Crippen molar-refractivity contribution in [1.82, 2.24) is 5.32 Å². The summed E-state index contributed by atoms with van der Waals surface area (Å²) in [6.07, 6.45) is 18.5. The Bertz CT molecular complexity index is 579. The molecule has 0 aromatic carbocycles. The molecule has 0 aromatic rings. The molecule has 1 heterocycles. The standard InChI is InChI=1S/C29H53NO5/c1-5-7-9-11-12-13-14-15-16-18-24(34-29(33)26(30-22-31)20-23(3)4)21-27-25(28(32)35-27)19-17-10-8-6-2/h22-27H,5-21H2,1-4H3,(H,30,31)/t24-,25+,26+,27-/m0/s1. The van der Waals surface area contributed by atoms with E-state index in [1.54, 1.807) is 0 Å². The number of rotatable bonds is 23. The summed E-state index contributed by atoms with van der Waals surface area (Å²) in [5.41, 5.74) is 0. The first-order valence-electron chi connectivity index (χ1n) is 14.5. The highest BCUT2D eigenvalue weighted by molar-refractivity contribution is 5.79. The van der Waals surface area contributed by atoms with Crippen LogP contribution in [0.3, 0.4) is 0 Å². The number of hydrogen-bond donors (Lipinski definition) is 1. The molecule has 0 saturated carbocycles. The van der Waals surface area contributed by atoms with E-state index < -0.39 is 6.04 Å². The Balaban J connectivity index is 2.58. The number of cyclic esters (lactones) is 1. The van der Waals surface area contributed by atoms with Crippen molar-refractivity contribution < 1.29 is 23.9 Å². The zero-order valence-corrected chi connectivity index (χ0v) is 23.0. The van der Waals surface area contributed by atoms with Gasteiger partial charge in [-0.3, -0.25) is 9.59 Å². The molecule has 1 aliphatic rings. The van der Waals surface area contributed by atoms with Gasteiger partial charge in [-0.15, -0.1) is 0 Å². The lowest BCUT2D eigenvalue weighted by Gasteiger charge is -2.37. The van der Waals surface area contributed by atoms with Crippen LogP contribution in [-0.2, 0) is 23.9 Å². The van der Waals surface area contributed by atoms with Crippen molar-refractivity contribution >= 4 is 18.3 Å². The van der Waals surface area contributed by atoms with Gasteiger partial charge in [0.1, 0.15) is 18.2 Å². The van der Waals surface area contributed by atoms with Gasteiger partial charge in [-0.25, -0.2) is 4.79 Å². The van der Waals surface area contributed by atoms with Crippen molar-refractivity contribution in [3.63, 3.8) is 0 Å². The minimum absolute atomic E-state index is 0.0734. The van der Waals surface area contributed by atoms with E-state index in [0.717, 1.165) is 38.5 Å². The second-order valence-corrected chi connectivity index (χ2v) is 10.8. The Morgan fingerprint density at radius 3 is 2.06 bits per heavy atom. The minimum Gasteiger partial charge on any atom is -0.461 e. The summed E-state index contributed by atoms with van der Waals surface area (Å²) >= 11 is 0. The molecule has 6 heteroatoms. The molecule has 4 atom stereocenters. The predicted molar refractivity (Wildman–Crippen MR) is 141 cm³/mol. The van der Waals surface area contributed by atoms with Crippen LogP contribution in [0.2, 0.25) is 0 Å². The molecule has 1 aliphatic heterocycles. The van der Waals surface area contributed by atoms with Crippen LogP contribution in [0.5, 0.6) is 0 Å². The quantitative estimate of drug-likeness (QED) is 0.0949. The lowest BCUT2D eigenvalue weighted by atomic mass is 9.86. The van der Waals surface area contributed by atoms with Crippen molar-refractivity contribution in [3.8, 4) is 0 Å². The highest BCUT2D eigenvalue weighted by Crippen LogP contribution is 2.32. The molecule has 1 rings (SSSR count). The highest BCUT2D eigenvalue weighted by Gasteiger charge is 2.43. The van der Waals surface area contributed by atoms with Crippen molar-refractivity contribution in [2.24, 2.45) is 11.8 Å². The number of esters is 2. The van der Waals surface area contributed by atoms with Gasteiger partial charge < -0.3 is 14.8 Å². The van der Waals surface area contributed by atoms with Crippen LogP contribution in [0.15, 0.2) is 0 Å². The van der Waals surface area contributed by atoms with Crippen molar-refractivity contribution in [2.45, 2.75) is 155 Å². The molecule has 1 fully saturated rings. The van der Waals surface area contributed by atoms with Crippen molar-refractivity contribution in [1.29, 1.82) is 0 Å². The largest absolute Gasteiger partial charge is 0.461 e. The summed E-state index contributed by atoms with van der Waals surface area (Å²) in [5.74, 6) is -0.302. The zero-order chi connectivity index (χ0) is 25.9. The van der Waals surface area contributed by atoms with Crippen LogP contribution >= 0.6 is 0 Å². The second-order valence-electron chi connectivity index (χ2n) is 10.8. The van der Waals surface area contributed by atoms with Gasteiger partial charge in [0.25, 0.3) is 0 Å². The molecule has 35 heavy (non-hydrogen) atoms. The molecule has 0 aliphatic carbocycles. The van der Waals surface area contributed by atoms with Gasteiger partial charge >= 0.3 is 11.9 Å². The summed E-state index contributed by atoms with van der Waals surface area (Å²) < 4.78 is 11.4. The summed E-state index contributed by atoms with van der Waals surface area (Å²) in [4.78, 5) is 36.0. The summed E-state index contributed by atoms with van der Waals surface area (Å²) in [6, 6.07) is -0.632. The number of carbonyl (C=O) groups excluding carboxylic acids is 3. The Morgan fingerprint density at radius 2 is 1.51 bits per heavy atom. The SMILES string of the molecule is CCCCCCCCCCC[C@@H](C[C@@H]1OC(=O)[C@@H]1CCCCCC)OC(=O)[C@@H](CC(C)C)NC=O. The van der Waals surface area contributed by atoms with Gasteiger partial charge in [0.05, 0.1) is 5.92 Å². The molecule has 0 spiro atoms. The van der Waals surface area contributed by atoms with Crippen LogP contribution in [0.1, 0.15) is 137 Å². The third kappa shape index (κ3) is 13.9. The molecular formula is C29H53NO5. The Hall–Kier alpha value is -1.59. The van der Waals surface area contributed by atoms with Gasteiger partial charge in [-0.05, 0) is 31.6 Å². The number of carbonyl (C=O) groups is 3. The average molecular weight is 496 g/mol. The first-order chi connectivity index (χ1) is 16.9. The second kappa shape index (κ2) is 19.6. The number of nitrogens with one attached hydrogen (secondary N) is 1. The maximum Gasteiger partial charge on any atom is 0.328 e. The maximum atomic E-state index is 12.9. The number of unbranched alkanes of at least 4 members (excludes halogenated alkanes) is 11. The molecule has 1 saturated heterocycles. The molecule has 0 bridgehead atoms. The highest BCUT2D eigenvalue weighted by atomic mass is 16.6. The van der Waals surface area contributed by atoms with E-state index in [9.17, 15) is 14.4 Å². The van der Waals surface area contributed by atoms with Gasteiger partial charge in [-0.2, -0.15) is 0 Å². The Labute approximate surface area is 214 Å². The fourth-order valence-corrected chi connectivity index (χ4v) is 4.90. The maximum absolute atomic E-state index is 12.9. The average Bonchev–Trinajstić information content (AvgIpc) is 2.81. The molecule has 1 amide bonds. The monoisotopic (exact) mass is 495 g/mol. The molecular weight excluding hydrogens is 442 g/mol. The van der Waals surface area contributed by atoms with Gasteiger partial charge in [-0.1, -0.05) is 105 Å². The third-order valence-electron chi connectivity index (χ3n) is 7.06. The predicted octanol–water partition coefficient (Wildman–Crippen LogP) is 6.88. The Morgan fingerprint density at radius 1 is 0.943 bits per heavy atom. The van der Waals surface area contributed by atoms with Crippen molar-refractivity contribution in [3.05, 3.63) is 0 Å². The molecule has 1 N–H and O–H groups in total. The van der Waals surface area contributed by atoms with Crippen LogP contribution in [0, 0.1) is 11.8 Å². The fraction of sp³-hybridized carbons (Fsp3) is 0.897. The lowest BCUT2D eigenvalue weighted by Crippen LogP contribution is -2.48. The zero-order valence-electron chi connectivity index (χ0n) is 23.0. The topological polar surface area (TPSA) is 81.7 Å². The van der Waals surface area contributed by atoms with E-state index in [1.807, 2.05) is 13.8 Å². The van der Waals surface area contributed by atoms with E-state index in [2.05, 4.69) is 19.2 Å². The van der Waals surface area contributed by atoms with Gasteiger partial charge in [0.15, 0.2) is 0 Å². The first-order valence-corrected chi connectivity index (χ1v) is 14.5. The van der Waals surface area contributed by atoms with Gasteiger partial charge in [0.2, 0.25) is 6.41 Å². The molecule has 204 valence electrons. The molecule has 0 radical (unpaired) electrons. The molecule has 6 nitrogen and oxygen atoms in total. The summed E-state index contributed by atoms with van der Waals surface area (Å²) in [6.45, 7) is 8.45. The van der Waals surface area contributed by atoms with Crippen LogP contribution < -0.4 is 5.32 Å². The van der Waals surface area contributed by atoms with Crippen LogP contribution in [0.4, 0.5) is 0 Å². The smallest absolute Gasteiger partial charge is 0.328 e. The fourth-order valence-electron chi connectivity index (χ4n) is 4.90. The minimum atomic E-state index is -0.632. The number of amides is 1. The van der Waals surface area contributed by atoms with E-state index in [-0.39, 0.29) is 36.0 Å².